The van der Waals surface area contributed by atoms with Crippen LogP contribution in [-0.2, 0) is 16.0 Å². The number of nitrogens with zero attached hydrogens (tertiary/aromatic N) is 8. The summed E-state index contributed by atoms with van der Waals surface area (Å²) in [7, 11) is 0. The molecule has 4 amide bonds. The predicted octanol–water partition coefficient (Wildman–Crippen LogP) is 6.43. The van der Waals surface area contributed by atoms with Gasteiger partial charge >= 0.3 is 6.03 Å². The number of aliphatic hydroxyl groups excluding tert-OH is 1. The molecule has 14 heteroatoms. The molecule has 3 aromatic carbocycles. The van der Waals surface area contributed by atoms with E-state index in [0.29, 0.717) is 37.6 Å². The van der Waals surface area contributed by atoms with Gasteiger partial charge in [0.2, 0.25) is 5.91 Å². The Kier molecular flexibility index (Phi) is 15.2. The van der Waals surface area contributed by atoms with Crippen molar-refractivity contribution in [2.45, 2.75) is 64.7 Å². The van der Waals surface area contributed by atoms with E-state index in [1.807, 2.05) is 15.5 Å². The molecule has 8 rings (SSSR count). The number of carbonyl (C=O) groups is 3. The number of rotatable bonds is 19. The van der Waals surface area contributed by atoms with Gasteiger partial charge in [-0.15, -0.1) is 0 Å². The Hall–Kier alpha value is -5.83. The lowest BCUT2D eigenvalue weighted by molar-refractivity contribution is -0.135. The molecule has 14 nitrogen and oxygen atoms in total. The number of hydrogen-bond donors (Lipinski definition) is 2. The van der Waals surface area contributed by atoms with Crippen LogP contribution in [0.2, 0.25) is 0 Å². The van der Waals surface area contributed by atoms with Crippen LogP contribution in [0.3, 0.4) is 0 Å². The minimum atomic E-state index is -0.448. The van der Waals surface area contributed by atoms with Crippen LogP contribution < -0.4 is 19.9 Å². The molecule has 5 aromatic rings. The van der Waals surface area contributed by atoms with E-state index in [-0.39, 0.29) is 31.4 Å². The molecule has 0 unspecified atom stereocenters. The number of amides is 4. The predicted molar refractivity (Wildman–Crippen MR) is 251 cm³/mol. The highest BCUT2D eigenvalue weighted by molar-refractivity contribution is 6.05. The van der Waals surface area contributed by atoms with Gasteiger partial charge in [-0.05, 0) is 62.1 Å². The summed E-state index contributed by atoms with van der Waals surface area (Å²) in [6.45, 7) is 11.0. The molecule has 2 N–H and O–H groups in total. The summed E-state index contributed by atoms with van der Waals surface area (Å²) in [5, 5.41) is 16.9. The number of hydrogen-bond acceptors (Lipinski definition) is 10. The van der Waals surface area contributed by atoms with Gasteiger partial charge in [0.25, 0.3) is 5.91 Å². The number of benzene rings is 3. The third kappa shape index (κ3) is 11.3. The second-order valence-electron chi connectivity index (χ2n) is 17.3. The average Bonchev–Trinajstić information content (AvgIpc) is 3.66. The van der Waals surface area contributed by atoms with Crippen molar-refractivity contribution in [2.75, 3.05) is 95.0 Å². The molecule has 64 heavy (non-hydrogen) atoms. The van der Waals surface area contributed by atoms with Crippen molar-refractivity contribution in [3.05, 3.63) is 96.2 Å². The number of ether oxygens (including phenoxy) is 1. The molecule has 3 fully saturated rings. The highest BCUT2D eigenvalue weighted by atomic mass is 16.5. The Morgan fingerprint density at radius 1 is 0.734 bits per heavy atom. The first-order valence-electron chi connectivity index (χ1n) is 23.3. The minimum absolute atomic E-state index is 0.0358. The summed E-state index contributed by atoms with van der Waals surface area (Å²) in [6, 6.07) is 28.2. The van der Waals surface area contributed by atoms with Gasteiger partial charge < -0.3 is 19.6 Å². The van der Waals surface area contributed by atoms with Gasteiger partial charge in [-0.25, -0.2) is 9.78 Å². The van der Waals surface area contributed by atoms with Crippen LogP contribution in [0.5, 0.6) is 5.75 Å². The average molecular weight is 870 g/mol. The van der Waals surface area contributed by atoms with Crippen molar-refractivity contribution in [1.29, 1.82) is 0 Å². The number of aromatic nitrogens is 3. The molecular formula is C50H63N9O5. The molecule has 338 valence electrons. The maximum atomic E-state index is 12.9. The quantitative estimate of drug-likeness (QED) is 0.0894. The Morgan fingerprint density at radius 3 is 2.20 bits per heavy atom. The number of urea groups is 1. The van der Waals surface area contributed by atoms with E-state index in [1.54, 1.807) is 24.3 Å². The number of β-amino-alcohol motifs (C(OH)–C–C–N with tert-alkyl or cyclic N) is 1. The van der Waals surface area contributed by atoms with Gasteiger partial charge in [0, 0.05) is 101 Å². The summed E-state index contributed by atoms with van der Waals surface area (Å²) < 4.78 is 7.86. The molecule has 0 saturated carbocycles. The SMILES string of the molecule is Cc1nn2c(N3CCN(CCO)CC3)cc(-c3cccc(CCCCCCCCCN4CCN(C(=O)COc5cccc(N6CCC(=O)NC6=O)c5)CC4)c3)nc2c1-c1ccccc1. The summed E-state index contributed by atoms with van der Waals surface area (Å²) in [5.74, 6) is 1.26. The minimum Gasteiger partial charge on any atom is -0.484 e. The van der Waals surface area contributed by atoms with E-state index in [2.05, 4.69) is 81.5 Å². The number of carbonyl (C=O) groups excluding carboxylic acids is 3. The highest BCUT2D eigenvalue weighted by Crippen LogP contribution is 2.33. The summed E-state index contributed by atoms with van der Waals surface area (Å²) in [5.41, 5.74) is 8.10. The number of nitrogens with one attached hydrogen (secondary N) is 1. The topological polar surface area (TPSA) is 139 Å². The fourth-order valence-corrected chi connectivity index (χ4v) is 9.21. The van der Waals surface area contributed by atoms with Crippen molar-refractivity contribution in [2.24, 2.45) is 0 Å². The van der Waals surface area contributed by atoms with Crippen molar-refractivity contribution in [3.8, 4) is 28.1 Å². The third-order valence-corrected chi connectivity index (χ3v) is 12.9. The standard InChI is InChI=1S/C50H63N9O5/c1-38-48(40-16-9-7-10-17-40)49-51-44(36-46(59(49)53-38)56-28-24-55(25-29-56)32-33-60)41-18-12-15-39(34-41)14-8-5-3-2-4-6-11-22-54-26-30-57(31-27-54)47(62)37-64-43-20-13-19-42(35-43)58-23-21-45(61)52-50(58)63/h7,9-10,12-13,15-20,34-36,60H,2-6,8,11,14,21-33,37H2,1H3,(H,52,61,63). The Morgan fingerprint density at radius 2 is 1.44 bits per heavy atom. The molecule has 0 spiro atoms. The van der Waals surface area contributed by atoms with Gasteiger partial charge in [-0.2, -0.15) is 9.61 Å². The lowest BCUT2D eigenvalue weighted by Crippen LogP contribution is -2.50. The van der Waals surface area contributed by atoms with E-state index in [1.165, 1.54) is 55.4 Å². The molecular weight excluding hydrogens is 807 g/mol. The molecule has 0 radical (unpaired) electrons. The van der Waals surface area contributed by atoms with E-state index in [9.17, 15) is 19.5 Å². The van der Waals surface area contributed by atoms with E-state index < -0.39 is 6.03 Å². The first kappa shape index (κ1) is 44.8. The van der Waals surface area contributed by atoms with Crippen LogP contribution in [0.1, 0.15) is 62.6 Å². The largest absolute Gasteiger partial charge is 0.484 e. The molecule has 0 bridgehead atoms. The molecule has 2 aromatic heterocycles. The van der Waals surface area contributed by atoms with Crippen molar-refractivity contribution in [3.63, 3.8) is 0 Å². The third-order valence-electron chi connectivity index (χ3n) is 12.9. The Bertz CT molecular complexity index is 2350. The number of fused-ring (bicyclic) bond motifs is 1. The summed E-state index contributed by atoms with van der Waals surface area (Å²) in [4.78, 5) is 52.6. The second kappa shape index (κ2) is 21.7. The zero-order valence-corrected chi connectivity index (χ0v) is 37.3. The van der Waals surface area contributed by atoms with Gasteiger partial charge in [-0.3, -0.25) is 29.6 Å². The van der Waals surface area contributed by atoms with Crippen LogP contribution in [0.25, 0.3) is 28.0 Å². The highest BCUT2D eigenvalue weighted by Gasteiger charge is 2.26. The number of aryl methyl sites for hydroxylation is 2. The Labute approximate surface area is 376 Å². The van der Waals surface area contributed by atoms with Gasteiger partial charge in [0.05, 0.1) is 18.0 Å². The number of piperazine rings is 2. The first-order chi connectivity index (χ1) is 31.3. The number of aliphatic hydroxyl groups is 1. The molecule has 3 aliphatic rings. The maximum Gasteiger partial charge on any atom is 0.328 e. The van der Waals surface area contributed by atoms with Crippen molar-refractivity contribution in [1.82, 2.24) is 34.6 Å². The first-order valence-corrected chi connectivity index (χ1v) is 23.3. The van der Waals surface area contributed by atoms with Crippen LogP contribution in [-0.4, -0.2) is 137 Å². The van der Waals surface area contributed by atoms with Gasteiger partial charge in [-0.1, -0.05) is 86.7 Å². The van der Waals surface area contributed by atoms with E-state index >= 15 is 0 Å². The lowest BCUT2D eigenvalue weighted by atomic mass is 10.0. The van der Waals surface area contributed by atoms with Gasteiger partial charge in [0.1, 0.15) is 11.6 Å². The molecule has 3 saturated heterocycles. The number of unbranched alkanes of at least 4 members (excludes halogenated alkanes) is 6. The number of anilines is 2. The van der Waals surface area contributed by atoms with Crippen LogP contribution >= 0.6 is 0 Å². The van der Waals surface area contributed by atoms with Crippen molar-refractivity contribution < 1.29 is 24.2 Å². The van der Waals surface area contributed by atoms with E-state index in [0.717, 1.165) is 91.8 Å². The maximum absolute atomic E-state index is 12.9. The van der Waals surface area contributed by atoms with Crippen LogP contribution in [0.4, 0.5) is 16.3 Å². The normalized spacial score (nSPS) is 16.4. The fraction of sp³-hybridized carbons (Fsp3) is 0.460. The Balaban J connectivity index is 0.747. The zero-order valence-electron chi connectivity index (χ0n) is 37.3. The summed E-state index contributed by atoms with van der Waals surface area (Å²) in [6.07, 6.45) is 9.84. The lowest BCUT2D eigenvalue weighted by Gasteiger charge is -2.35. The smallest absolute Gasteiger partial charge is 0.328 e. The van der Waals surface area contributed by atoms with E-state index in [4.69, 9.17) is 14.8 Å². The molecule has 0 aliphatic carbocycles. The zero-order chi connectivity index (χ0) is 44.3. The monoisotopic (exact) mass is 869 g/mol. The second-order valence-corrected chi connectivity index (χ2v) is 17.3. The fourth-order valence-electron chi connectivity index (χ4n) is 9.21. The molecule has 0 atom stereocenters. The van der Waals surface area contributed by atoms with Crippen molar-refractivity contribution >= 4 is 35.0 Å². The van der Waals surface area contributed by atoms with Gasteiger partial charge in [0.15, 0.2) is 12.3 Å². The molecule has 3 aliphatic heterocycles. The number of imide groups is 1. The molecule has 5 heterocycles. The van der Waals surface area contributed by atoms with Crippen LogP contribution in [0, 0.1) is 6.92 Å². The summed E-state index contributed by atoms with van der Waals surface area (Å²) >= 11 is 0. The van der Waals surface area contributed by atoms with Crippen LogP contribution in [0.15, 0.2) is 84.9 Å².